The molecule has 3 heteroatoms. The second kappa shape index (κ2) is 3.19. The van der Waals surface area contributed by atoms with Gasteiger partial charge in [-0.2, -0.15) is 0 Å². The van der Waals surface area contributed by atoms with E-state index in [1.807, 2.05) is 0 Å². The van der Waals surface area contributed by atoms with Gasteiger partial charge in [0.1, 0.15) is 0 Å². The number of nitrogens with zero attached hydrogens (tertiary/aromatic N) is 1. The number of likely N-dealkylation sites (tertiary alicyclic amines) is 1. The summed E-state index contributed by atoms with van der Waals surface area (Å²) in [5, 5.41) is 0. The van der Waals surface area contributed by atoms with E-state index in [0.29, 0.717) is 18.4 Å². The topological polar surface area (TPSA) is 37.4 Å². The highest BCUT2D eigenvalue weighted by Gasteiger charge is 2.58. The summed E-state index contributed by atoms with van der Waals surface area (Å²) in [6.45, 7) is 3.77. The first kappa shape index (κ1) is 9.61. The number of hydrogen-bond donors (Lipinski definition) is 0. The third-order valence-electron chi connectivity index (χ3n) is 3.98. The van der Waals surface area contributed by atoms with E-state index in [1.165, 1.54) is 4.90 Å². The minimum absolute atomic E-state index is 0.00153. The van der Waals surface area contributed by atoms with Gasteiger partial charge in [0.05, 0.1) is 18.4 Å². The fourth-order valence-electron chi connectivity index (χ4n) is 3.30. The van der Waals surface area contributed by atoms with Gasteiger partial charge in [-0.05, 0) is 24.3 Å². The lowest BCUT2D eigenvalue weighted by Crippen LogP contribution is -2.32. The third kappa shape index (κ3) is 1.04. The Bertz CT molecular complexity index is 415. The summed E-state index contributed by atoms with van der Waals surface area (Å²) in [5.41, 5.74) is 2.60. The van der Waals surface area contributed by atoms with E-state index in [4.69, 9.17) is 0 Å². The fraction of sp³-hybridized carbons (Fsp3) is 0.462. The van der Waals surface area contributed by atoms with Gasteiger partial charge >= 0.3 is 0 Å². The van der Waals surface area contributed by atoms with Crippen molar-refractivity contribution in [3.05, 3.63) is 30.5 Å². The van der Waals surface area contributed by atoms with Crippen LogP contribution in [-0.2, 0) is 9.59 Å². The van der Waals surface area contributed by atoms with E-state index >= 15 is 0 Å². The van der Waals surface area contributed by atoms with E-state index in [9.17, 15) is 9.59 Å². The summed E-state index contributed by atoms with van der Waals surface area (Å²) < 4.78 is 0. The average Bonchev–Trinajstić information content (AvgIpc) is 2.92. The molecular formula is C13H13NO2. The molecule has 1 saturated heterocycles. The molecule has 1 aliphatic heterocycles. The van der Waals surface area contributed by atoms with Gasteiger partial charge in [0.25, 0.3) is 0 Å². The van der Waals surface area contributed by atoms with Crippen molar-refractivity contribution in [2.45, 2.75) is 6.42 Å². The van der Waals surface area contributed by atoms with Crippen LogP contribution in [0.3, 0.4) is 0 Å². The van der Waals surface area contributed by atoms with Gasteiger partial charge in [0.2, 0.25) is 11.8 Å². The molecule has 1 saturated carbocycles. The molecule has 2 fully saturated rings. The molecule has 0 spiro atoms. The lowest BCUT2D eigenvalue weighted by molar-refractivity contribution is -0.140. The Hall–Kier alpha value is -1.60. The number of hydrogen-bond acceptors (Lipinski definition) is 2. The Labute approximate surface area is 94.1 Å². The molecule has 3 rings (SSSR count). The molecule has 4 atom stereocenters. The van der Waals surface area contributed by atoms with Crippen molar-refractivity contribution >= 4 is 11.8 Å². The van der Waals surface area contributed by atoms with Crippen molar-refractivity contribution in [3.63, 3.8) is 0 Å². The van der Waals surface area contributed by atoms with Crippen LogP contribution in [0.4, 0.5) is 0 Å². The van der Waals surface area contributed by atoms with Crippen LogP contribution in [0.25, 0.3) is 0 Å². The van der Waals surface area contributed by atoms with Crippen LogP contribution >= 0.6 is 0 Å². The van der Waals surface area contributed by atoms with Crippen LogP contribution in [0.1, 0.15) is 6.42 Å². The van der Waals surface area contributed by atoms with Gasteiger partial charge in [-0.3, -0.25) is 14.5 Å². The maximum Gasteiger partial charge on any atom is 0.234 e. The molecule has 2 aliphatic carbocycles. The predicted molar refractivity (Wildman–Crippen MR) is 58.1 cm³/mol. The van der Waals surface area contributed by atoms with Crippen LogP contribution in [0.15, 0.2) is 30.5 Å². The van der Waals surface area contributed by atoms with Crippen LogP contribution in [0, 0.1) is 23.7 Å². The van der Waals surface area contributed by atoms with E-state index in [2.05, 4.69) is 24.5 Å². The fourth-order valence-corrected chi connectivity index (χ4v) is 3.30. The van der Waals surface area contributed by atoms with Gasteiger partial charge in [0, 0.05) is 0 Å². The molecule has 3 nitrogen and oxygen atoms in total. The number of fused-ring (bicyclic) bond motifs is 5. The van der Waals surface area contributed by atoms with E-state index in [1.54, 1.807) is 6.08 Å². The lowest BCUT2D eigenvalue weighted by atomic mass is 9.85. The molecule has 0 unspecified atom stereocenters. The Morgan fingerprint density at radius 2 is 1.88 bits per heavy atom. The molecule has 3 aliphatic rings. The molecule has 0 aromatic rings. The summed E-state index contributed by atoms with van der Waals surface area (Å²) >= 11 is 0. The first-order chi connectivity index (χ1) is 7.74. The van der Waals surface area contributed by atoms with Crippen molar-refractivity contribution in [2.75, 3.05) is 6.54 Å². The van der Waals surface area contributed by atoms with E-state index in [0.717, 1.165) is 6.42 Å². The highest BCUT2D eigenvalue weighted by Crippen LogP contribution is 2.52. The number of rotatable bonds is 2. The standard InChI is InChI=1S/C13H13NO2/c1-2-3-6-14-12(15)10-8-4-5-9(7-8)11(10)13(14)16/h3-5,8-11H,1,6-7H2/t8-,9+,10-,11+. The summed E-state index contributed by atoms with van der Waals surface area (Å²) in [4.78, 5) is 25.6. The summed E-state index contributed by atoms with van der Waals surface area (Å²) in [6.07, 6.45) is 6.82. The molecule has 16 heavy (non-hydrogen) atoms. The van der Waals surface area contributed by atoms with Crippen molar-refractivity contribution < 1.29 is 9.59 Å². The molecule has 1 heterocycles. The second-order valence-corrected chi connectivity index (χ2v) is 4.70. The molecule has 0 aromatic carbocycles. The normalized spacial score (nSPS) is 39.1. The number of carbonyl (C=O) groups excluding carboxylic acids is 2. The number of carbonyl (C=O) groups is 2. The molecule has 2 bridgehead atoms. The van der Waals surface area contributed by atoms with Crippen molar-refractivity contribution in [3.8, 4) is 0 Å². The number of imide groups is 1. The lowest BCUT2D eigenvalue weighted by Gasteiger charge is -2.14. The monoisotopic (exact) mass is 215 g/mol. The minimum atomic E-state index is -0.0827. The number of allylic oxidation sites excluding steroid dienone is 2. The summed E-state index contributed by atoms with van der Waals surface area (Å²) in [5.74, 6) is 0.423. The highest BCUT2D eigenvalue weighted by atomic mass is 16.2. The van der Waals surface area contributed by atoms with Crippen molar-refractivity contribution in [2.24, 2.45) is 23.7 Å². The Morgan fingerprint density at radius 1 is 1.31 bits per heavy atom. The quantitative estimate of drug-likeness (QED) is 0.393. The first-order valence-electron chi connectivity index (χ1n) is 5.62. The minimum Gasteiger partial charge on any atom is -0.278 e. The summed E-state index contributed by atoms with van der Waals surface area (Å²) in [7, 11) is 0. The maximum atomic E-state index is 12.1. The van der Waals surface area contributed by atoms with Crippen molar-refractivity contribution in [1.29, 1.82) is 0 Å². The third-order valence-corrected chi connectivity index (χ3v) is 3.98. The van der Waals surface area contributed by atoms with Crippen LogP contribution in [-0.4, -0.2) is 23.3 Å². The Kier molecular flexibility index (Phi) is 1.92. The van der Waals surface area contributed by atoms with E-state index < -0.39 is 0 Å². The molecule has 82 valence electrons. The van der Waals surface area contributed by atoms with Gasteiger partial charge in [-0.1, -0.05) is 18.7 Å². The van der Waals surface area contributed by atoms with Crippen LogP contribution < -0.4 is 0 Å². The zero-order valence-corrected chi connectivity index (χ0v) is 8.93. The average molecular weight is 215 g/mol. The Morgan fingerprint density at radius 3 is 2.38 bits per heavy atom. The van der Waals surface area contributed by atoms with Gasteiger partial charge in [-0.25, -0.2) is 0 Å². The van der Waals surface area contributed by atoms with Gasteiger partial charge in [0.15, 0.2) is 0 Å². The smallest absolute Gasteiger partial charge is 0.234 e. The molecule has 0 N–H and O–H groups in total. The predicted octanol–water partition coefficient (Wildman–Crippen LogP) is 1.13. The van der Waals surface area contributed by atoms with Gasteiger partial charge in [-0.15, -0.1) is 5.73 Å². The number of amides is 2. The first-order valence-corrected chi connectivity index (χ1v) is 5.62. The zero-order valence-electron chi connectivity index (χ0n) is 8.93. The summed E-state index contributed by atoms with van der Waals surface area (Å²) in [6, 6.07) is 0. The highest BCUT2D eigenvalue weighted by molar-refractivity contribution is 6.06. The second-order valence-electron chi connectivity index (χ2n) is 4.70. The van der Waals surface area contributed by atoms with Crippen LogP contribution in [0.5, 0.6) is 0 Å². The van der Waals surface area contributed by atoms with Crippen LogP contribution in [0.2, 0.25) is 0 Å². The molecule has 0 radical (unpaired) electrons. The van der Waals surface area contributed by atoms with E-state index in [-0.39, 0.29) is 23.7 Å². The SMILES string of the molecule is C=C=CCN1C(=O)[C@@H]2[C@H](C1=O)[C@@H]1C=C[C@H]2C1. The molecule has 0 aromatic heterocycles. The molecule has 2 amide bonds. The zero-order chi connectivity index (χ0) is 11.3. The largest absolute Gasteiger partial charge is 0.278 e. The Balaban J connectivity index is 1.91. The van der Waals surface area contributed by atoms with Gasteiger partial charge < -0.3 is 0 Å². The molecular weight excluding hydrogens is 202 g/mol. The van der Waals surface area contributed by atoms with Crippen molar-refractivity contribution in [1.82, 2.24) is 4.90 Å². The maximum absolute atomic E-state index is 12.1.